The smallest absolute Gasteiger partial charge is 0.248 e. The van der Waals surface area contributed by atoms with Gasteiger partial charge in [0, 0.05) is 5.56 Å². The lowest BCUT2D eigenvalue weighted by atomic mass is 9.96. The Bertz CT molecular complexity index is 333. The summed E-state index contributed by atoms with van der Waals surface area (Å²) < 4.78 is 0. The third-order valence-electron chi connectivity index (χ3n) is 2.89. The van der Waals surface area contributed by atoms with Crippen LogP contribution in [0.3, 0.4) is 0 Å². The van der Waals surface area contributed by atoms with Crippen molar-refractivity contribution in [2.75, 3.05) is 0 Å². The van der Waals surface area contributed by atoms with Crippen LogP contribution in [0.2, 0.25) is 0 Å². The highest BCUT2D eigenvalue weighted by Gasteiger charge is 2.07. The molecule has 0 saturated carbocycles. The Kier molecular flexibility index (Phi) is 4.35. The van der Waals surface area contributed by atoms with Crippen LogP contribution < -0.4 is 5.73 Å². The standard InChI is InChI=1S/C13H19NO/c1-3-10(2)8-9-11-6-4-5-7-12(11)13(14)15/h4-7,10H,3,8-9H2,1-2H3,(H2,14,15). The molecule has 1 amide bonds. The monoisotopic (exact) mass is 205 g/mol. The minimum atomic E-state index is -0.324. The summed E-state index contributed by atoms with van der Waals surface area (Å²) in [5.41, 5.74) is 7.06. The molecule has 1 rings (SSSR count). The molecule has 0 fully saturated rings. The van der Waals surface area contributed by atoms with E-state index in [9.17, 15) is 4.79 Å². The molecule has 0 aliphatic rings. The van der Waals surface area contributed by atoms with Crippen LogP contribution in [0.1, 0.15) is 42.6 Å². The molecule has 0 aromatic heterocycles. The van der Waals surface area contributed by atoms with Crippen LogP contribution in [0.5, 0.6) is 0 Å². The fourth-order valence-corrected chi connectivity index (χ4v) is 1.58. The van der Waals surface area contributed by atoms with E-state index < -0.39 is 0 Å². The molecule has 0 spiro atoms. The number of carbonyl (C=O) groups is 1. The quantitative estimate of drug-likeness (QED) is 0.789. The molecule has 1 aromatic carbocycles. The van der Waals surface area contributed by atoms with Gasteiger partial charge < -0.3 is 5.73 Å². The van der Waals surface area contributed by atoms with Crippen LogP contribution in [0.15, 0.2) is 24.3 Å². The van der Waals surface area contributed by atoms with Crippen molar-refractivity contribution >= 4 is 5.91 Å². The Morgan fingerprint density at radius 2 is 2.07 bits per heavy atom. The lowest BCUT2D eigenvalue weighted by Crippen LogP contribution is -2.14. The highest BCUT2D eigenvalue weighted by atomic mass is 16.1. The van der Waals surface area contributed by atoms with Crippen LogP contribution in [-0.4, -0.2) is 5.91 Å². The van der Waals surface area contributed by atoms with Gasteiger partial charge in [-0.15, -0.1) is 0 Å². The van der Waals surface area contributed by atoms with Crippen molar-refractivity contribution < 1.29 is 4.79 Å². The summed E-state index contributed by atoms with van der Waals surface area (Å²) in [4.78, 5) is 11.2. The van der Waals surface area contributed by atoms with E-state index in [1.54, 1.807) is 6.07 Å². The summed E-state index contributed by atoms with van der Waals surface area (Å²) in [6.07, 6.45) is 3.23. The lowest BCUT2D eigenvalue weighted by Gasteiger charge is -2.10. The minimum Gasteiger partial charge on any atom is -0.366 e. The van der Waals surface area contributed by atoms with Crippen molar-refractivity contribution in [1.29, 1.82) is 0 Å². The highest BCUT2D eigenvalue weighted by Crippen LogP contribution is 2.15. The molecule has 15 heavy (non-hydrogen) atoms. The van der Waals surface area contributed by atoms with Gasteiger partial charge in [-0.05, 0) is 30.4 Å². The molecule has 1 atom stereocenters. The molecule has 0 bridgehead atoms. The third kappa shape index (κ3) is 3.39. The van der Waals surface area contributed by atoms with Crippen molar-refractivity contribution in [3.63, 3.8) is 0 Å². The molecule has 1 aromatic rings. The topological polar surface area (TPSA) is 43.1 Å². The van der Waals surface area contributed by atoms with E-state index in [2.05, 4.69) is 13.8 Å². The zero-order valence-electron chi connectivity index (χ0n) is 9.49. The average Bonchev–Trinajstić information content (AvgIpc) is 2.26. The second-order valence-electron chi connectivity index (χ2n) is 4.07. The first kappa shape index (κ1) is 11.8. The van der Waals surface area contributed by atoms with Crippen LogP contribution in [0.25, 0.3) is 0 Å². The summed E-state index contributed by atoms with van der Waals surface area (Å²) in [6, 6.07) is 7.60. The summed E-state index contributed by atoms with van der Waals surface area (Å²) in [7, 11) is 0. The van der Waals surface area contributed by atoms with E-state index in [0.29, 0.717) is 11.5 Å². The van der Waals surface area contributed by atoms with Crippen LogP contribution in [-0.2, 0) is 6.42 Å². The number of primary amides is 1. The SMILES string of the molecule is CCC(C)CCc1ccccc1C(N)=O. The number of amides is 1. The molecule has 0 heterocycles. The molecule has 2 heteroatoms. The van der Waals surface area contributed by atoms with Gasteiger partial charge >= 0.3 is 0 Å². The second-order valence-corrected chi connectivity index (χ2v) is 4.07. The van der Waals surface area contributed by atoms with Crippen LogP contribution in [0, 0.1) is 5.92 Å². The zero-order chi connectivity index (χ0) is 11.3. The number of hydrogen-bond acceptors (Lipinski definition) is 1. The lowest BCUT2D eigenvalue weighted by molar-refractivity contribution is 0.0999. The summed E-state index contributed by atoms with van der Waals surface area (Å²) in [6.45, 7) is 4.41. The first-order valence-electron chi connectivity index (χ1n) is 5.52. The number of benzene rings is 1. The third-order valence-corrected chi connectivity index (χ3v) is 2.89. The van der Waals surface area contributed by atoms with Gasteiger partial charge in [0.2, 0.25) is 5.91 Å². The number of nitrogens with two attached hydrogens (primary N) is 1. The van der Waals surface area contributed by atoms with Gasteiger partial charge in [0.15, 0.2) is 0 Å². The van der Waals surface area contributed by atoms with Gasteiger partial charge in [0.05, 0.1) is 0 Å². The van der Waals surface area contributed by atoms with Crippen molar-refractivity contribution in [2.24, 2.45) is 11.7 Å². The predicted octanol–water partition coefficient (Wildman–Crippen LogP) is 2.76. The van der Waals surface area contributed by atoms with E-state index in [-0.39, 0.29) is 5.91 Å². The fraction of sp³-hybridized carbons (Fsp3) is 0.462. The molecule has 2 N–H and O–H groups in total. The maximum absolute atomic E-state index is 11.2. The van der Waals surface area contributed by atoms with E-state index >= 15 is 0 Å². The molecule has 82 valence electrons. The van der Waals surface area contributed by atoms with Crippen molar-refractivity contribution in [3.8, 4) is 0 Å². The highest BCUT2D eigenvalue weighted by molar-refractivity contribution is 5.94. The predicted molar refractivity (Wildman–Crippen MR) is 62.7 cm³/mol. The molecule has 0 aliphatic heterocycles. The van der Waals surface area contributed by atoms with E-state index in [4.69, 9.17) is 5.73 Å². The van der Waals surface area contributed by atoms with Crippen LogP contribution >= 0.6 is 0 Å². The number of aryl methyl sites for hydroxylation is 1. The van der Waals surface area contributed by atoms with Crippen LogP contribution in [0.4, 0.5) is 0 Å². The maximum atomic E-state index is 11.2. The Labute approximate surface area is 91.5 Å². The van der Waals surface area contributed by atoms with Gasteiger partial charge in [0.25, 0.3) is 0 Å². The second kappa shape index (κ2) is 5.54. The molecule has 0 aliphatic carbocycles. The Morgan fingerprint density at radius 3 is 2.67 bits per heavy atom. The Morgan fingerprint density at radius 1 is 1.40 bits per heavy atom. The largest absolute Gasteiger partial charge is 0.366 e. The maximum Gasteiger partial charge on any atom is 0.248 e. The normalized spacial score (nSPS) is 12.4. The van der Waals surface area contributed by atoms with Gasteiger partial charge in [0.1, 0.15) is 0 Å². The molecule has 0 radical (unpaired) electrons. The van der Waals surface area contributed by atoms with Gasteiger partial charge in [-0.1, -0.05) is 38.5 Å². The number of hydrogen-bond donors (Lipinski definition) is 1. The molecular weight excluding hydrogens is 186 g/mol. The first-order valence-corrected chi connectivity index (χ1v) is 5.52. The number of rotatable bonds is 5. The van der Waals surface area contributed by atoms with Gasteiger partial charge in [-0.2, -0.15) is 0 Å². The zero-order valence-corrected chi connectivity index (χ0v) is 9.49. The van der Waals surface area contributed by atoms with Crippen molar-refractivity contribution in [3.05, 3.63) is 35.4 Å². The van der Waals surface area contributed by atoms with Crippen molar-refractivity contribution in [2.45, 2.75) is 33.1 Å². The van der Waals surface area contributed by atoms with Crippen molar-refractivity contribution in [1.82, 2.24) is 0 Å². The first-order chi connectivity index (χ1) is 7.15. The molecule has 2 nitrogen and oxygen atoms in total. The summed E-state index contributed by atoms with van der Waals surface area (Å²) >= 11 is 0. The van der Waals surface area contributed by atoms with E-state index in [0.717, 1.165) is 18.4 Å². The summed E-state index contributed by atoms with van der Waals surface area (Å²) in [5.74, 6) is 0.376. The van der Waals surface area contributed by atoms with E-state index in [1.807, 2.05) is 18.2 Å². The molecule has 1 unspecified atom stereocenters. The minimum absolute atomic E-state index is 0.324. The average molecular weight is 205 g/mol. The Balaban J connectivity index is 2.72. The van der Waals surface area contributed by atoms with Gasteiger partial charge in [-0.25, -0.2) is 0 Å². The fourth-order valence-electron chi connectivity index (χ4n) is 1.58. The molecular formula is C13H19NO. The summed E-state index contributed by atoms with van der Waals surface area (Å²) in [5, 5.41) is 0. The molecule has 0 saturated heterocycles. The number of carbonyl (C=O) groups excluding carboxylic acids is 1. The van der Waals surface area contributed by atoms with Gasteiger partial charge in [-0.3, -0.25) is 4.79 Å². The Hall–Kier alpha value is -1.31. The van der Waals surface area contributed by atoms with E-state index in [1.165, 1.54) is 6.42 Å².